The van der Waals surface area contributed by atoms with Crippen molar-refractivity contribution in [2.75, 3.05) is 26.3 Å². The van der Waals surface area contributed by atoms with Crippen molar-refractivity contribution in [3.8, 4) is 5.75 Å². The summed E-state index contributed by atoms with van der Waals surface area (Å²) in [4.78, 5) is 161. The fraction of sp³-hybridized carbons (Fsp3) is 0.627. The van der Waals surface area contributed by atoms with Gasteiger partial charge in [-0.2, -0.15) is 0 Å². The first-order chi connectivity index (χ1) is 38.9. The van der Waals surface area contributed by atoms with Gasteiger partial charge in [0.25, 0.3) is 0 Å². The highest BCUT2D eigenvalue weighted by atomic mass is 16.4. The van der Waals surface area contributed by atoms with Crippen LogP contribution in [-0.4, -0.2) is 194 Å². The highest BCUT2D eigenvalue weighted by Gasteiger charge is 2.36. The molecule has 83 heavy (non-hydrogen) atoms. The lowest BCUT2D eigenvalue weighted by atomic mass is 10.00. The highest BCUT2D eigenvalue weighted by molar-refractivity contribution is 5.98. The van der Waals surface area contributed by atoms with E-state index in [0.717, 1.165) is 6.92 Å². The van der Waals surface area contributed by atoms with Gasteiger partial charge in [-0.1, -0.05) is 39.8 Å². The Balaban J connectivity index is 3.38. The van der Waals surface area contributed by atoms with Crippen LogP contribution < -0.4 is 70.8 Å². The predicted molar refractivity (Wildman–Crippen MR) is 295 cm³/mol. The molecule has 23 N–H and O–H groups in total. The summed E-state index contributed by atoms with van der Waals surface area (Å²) in [5.41, 5.74) is 22.6. The molecule has 32 heteroatoms. The van der Waals surface area contributed by atoms with E-state index < -0.39 is 170 Å². The molecular formula is C51H84N14O18. The third-order valence-electron chi connectivity index (χ3n) is 12.4. The molecule has 0 aliphatic carbocycles. The minimum absolute atomic E-state index is 0.0337. The van der Waals surface area contributed by atoms with Gasteiger partial charge in [0.2, 0.25) is 53.2 Å². The Morgan fingerprint density at radius 2 is 0.952 bits per heavy atom. The maximum atomic E-state index is 14.3. The number of hydrogen-bond acceptors (Lipinski definition) is 18. The number of carbonyl (C=O) groups excluding carboxylic acids is 9. The van der Waals surface area contributed by atoms with Crippen molar-refractivity contribution >= 4 is 77.0 Å². The molecule has 1 rings (SSSR count). The average Bonchev–Trinajstić information content (AvgIpc) is 3.44. The lowest BCUT2D eigenvalue weighted by molar-refractivity contribution is -0.142. The van der Waals surface area contributed by atoms with Crippen LogP contribution in [0.5, 0.6) is 5.75 Å². The third-order valence-corrected chi connectivity index (χ3v) is 12.4. The third kappa shape index (κ3) is 28.4. The molecule has 0 heterocycles. The number of nitrogens with one attached hydrogen (secondary N) is 9. The van der Waals surface area contributed by atoms with Crippen molar-refractivity contribution < 1.29 is 88.2 Å². The normalized spacial score (nSPS) is 14.7. The van der Waals surface area contributed by atoms with E-state index in [4.69, 9.17) is 28.0 Å². The first-order valence-corrected chi connectivity index (χ1v) is 26.8. The van der Waals surface area contributed by atoms with Crippen LogP contribution in [0.3, 0.4) is 0 Å². The highest BCUT2D eigenvalue weighted by Crippen LogP contribution is 2.14. The molecule has 0 spiro atoms. The Morgan fingerprint density at radius 1 is 0.506 bits per heavy atom. The number of phenols is 1. The van der Waals surface area contributed by atoms with Crippen molar-refractivity contribution in [2.24, 2.45) is 39.8 Å². The molecule has 0 saturated carbocycles. The van der Waals surface area contributed by atoms with Crippen molar-refractivity contribution in [1.29, 1.82) is 0 Å². The topological polar surface area (TPSA) is 551 Å². The lowest BCUT2D eigenvalue weighted by Gasteiger charge is -2.28. The predicted octanol–water partition coefficient (Wildman–Crippen LogP) is -5.67. The van der Waals surface area contributed by atoms with E-state index in [-0.39, 0.29) is 69.2 Å². The number of phenolic OH excluding ortho intramolecular Hbond substituents is 1. The van der Waals surface area contributed by atoms with Crippen LogP contribution in [0.1, 0.15) is 104 Å². The number of aromatic hydroxyl groups is 1. The number of amides is 9. The molecule has 466 valence electrons. The summed E-state index contributed by atoms with van der Waals surface area (Å²) in [6, 6.07) is -9.91. The summed E-state index contributed by atoms with van der Waals surface area (Å²) >= 11 is 0. The van der Waals surface area contributed by atoms with Crippen molar-refractivity contribution in [3.63, 3.8) is 0 Å². The van der Waals surface area contributed by atoms with Crippen molar-refractivity contribution in [1.82, 2.24) is 47.9 Å². The molecule has 10 unspecified atom stereocenters. The maximum absolute atomic E-state index is 14.3. The van der Waals surface area contributed by atoms with Gasteiger partial charge in [-0.25, -0.2) is 4.79 Å². The second-order valence-electron chi connectivity index (χ2n) is 20.3. The Labute approximate surface area is 479 Å². The van der Waals surface area contributed by atoms with E-state index in [1.165, 1.54) is 38.1 Å². The molecule has 0 aliphatic heterocycles. The van der Waals surface area contributed by atoms with Crippen LogP contribution in [-0.2, 0) is 64.0 Å². The molecule has 0 radical (unpaired) electrons. The van der Waals surface area contributed by atoms with Gasteiger partial charge in [-0.05, 0) is 94.4 Å². The first-order valence-electron chi connectivity index (χ1n) is 26.8. The van der Waals surface area contributed by atoms with Crippen LogP contribution in [0.25, 0.3) is 0 Å². The zero-order valence-electron chi connectivity index (χ0n) is 47.2. The molecule has 1 aromatic carbocycles. The molecule has 1 aromatic rings. The molecule has 9 amide bonds. The van der Waals surface area contributed by atoms with Crippen LogP contribution in [0.2, 0.25) is 0 Å². The Bertz CT molecular complexity index is 2390. The first kappa shape index (κ1) is 72.8. The van der Waals surface area contributed by atoms with E-state index >= 15 is 0 Å². The molecule has 32 nitrogen and oxygen atoms in total. The summed E-state index contributed by atoms with van der Waals surface area (Å²) < 4.78 is 0. The quantitative estimate of drug-likeness (QED) is 0.0165. The summed E-state index contributed by atoms with van der Waals surface area (Å²) in [6.45, 7) is 5.71. The monoisotopic (exact) mass is 1180 g/mol. The van der Waals surface area contributed by atoms with Crippen molar-refractivity contribution in [3.05, 3.63) is 29.8 Å². The molecule has 0 saturated heterocycles. The van der Waals surface area contributed by atoms with Crippen LogP contribution in [0.15, 0.2) is 29.3 Å². The zero-order chi connectivity index (χ0) is 63.1. The molecule has 10 atom stereocenters. The Hall–Kier alpha value is -8.23. The fourth-order valence-electron chi connectivity index (χ4n) is 7.73. The zero-order valence-corrected chi connectivity index (χ0v) is 47.2. The maximum Gasteiger partial charge on any atom is 0.326 e. The number of hydrogen-bond donors (Lipinski definition) is 19. The van der Waals surface area contributed by atoms with Gasteiger partial charge in [-0.15, -0.1) is 0 Å². The van der Waals surface area contributed by atoms with E-state index in [2.05, 4.69) is 52.8 Å². The minimum atomic E-state index is -1.85. The largest absolute Gasteiger partial charge is 0.508 e. The number of unbranched alkanes of at least 4 members (excludes halogenated alkanes) is 1. The number of aliphatic hydroxyl groups excluding tert-OH is 2. The van der Waals surface area contributed by atoms with Crippen molar-refractivity contribution in [2.45, 2.75) is 166 Å². The summed E-state index contributed by atoms with van der Waals surface area (Å²) in [7, 11) is 0. The Kier molecular flexibility index (Phi) is 33.1. The van der Waals surface area contributed by atoms with Crippen LogP contribution >= 0.6 is 0 Å². The Morgan fingerprint density at radius 3 is 1.47 bits per heavy atom. The standard InChI is InChI=1S/C51H84N14O18/c1-25(2)21-34(45(77)58-31(10-8-20-56-51(54)55)43(75)60-33(50(82)83)9-6-7-19-52)61-46(78)35(22-28-11-13-29(68)14-12-28)62-48(80)37(24-67)63-41(73)27(5)57-47(79)36(23-66)64-44(76)32(16-18-39(71)72)59-49(81)40(26(3)4)65-42(74)30(53)15-17-38(69)70/h11-14,25-27,30-37,40,66-68H,6-10,15-24,52-53H2,1-5H3,(H,57,79)(H,58,77)(H,59,81)(H,60,75)(H,61,78)(H,62,80)(H,63,73)(H,64,76)(H,65,74)(H,69,70)(H,71,72)(H,82,83)(H4,54,55,56). The van der Waals surface area contributed by atoms with Gasteiger partial charge in [0.1, 0.15) is 60.1 Å². The molecular weight excluding hydrogens is 1100 g/mol. The smallest absolute Gasteiger partial charge is 0.326 e. The number of aliphatic carboxylic acids is 3. The minimum Gasteiger partial charge on any atom is -0.508 e. The number of rotatable bonds is 40. The van der Waals surface area contributed by atoms with Gasteiger partial charge in [-0.3, -0.25) is 57.7 Å². The number of carboxylic acids is 3. The second kappa shape index (κ2) is 37.7. The number of carbonyl (C=O) groups is 12. The molecule has 0 aromatic heterocycles. The summed E-state index contributed by atoms with van der Waals surface area (Å²) in [5.74, 6) is -14.5. The van der Waals surface area contributed by atoms with Gasteiger partial charge in [0.15, 0.2) is 5.96 Å². The molecule has 0 bridgehead atoms. The van der Waals surface area contributed by atoms with E-state index in [1.807, 2.05) is 0 Å². The van der Waals surface area contributed by atoms with E-state index in [0.29, 0.717) is 18.4 Å². The van der Waals surface area contributed by atoms with Gasteiger partial charge in [0, 0.05) is 25.8 Å². The number of benzene rings is 1. The fourth-order valence-corrected chi connectivity index (χ4v) is 7.73. The SMILES string of the molecule is CC(C)CC(NC(=O)C(Cc1ccc(O)cc1)NC(=O)C(CO)NC(=O)C(C)NC(=O)C(CO)NC(=O)C(CCC(=O)O)NC(=O)C(NC(=O)C(N)CCC(=O)O)C(C)C)C(=O)NC(CCCN=C(N)N)C(=O)NC(CCCCN)C(=O)O. The van der Waals surface area contributed by atoms with Gasteiger partial charge >= 0.3 is 17.9 Å². The average molecular weight is 1180 g/mol. The number of guanidine groups is 1. The van der Waals surface area contributed by atoms with E-state index in [9.17, 15) is 83.1 Å². The van der Waals surface area contributed by atoms with E-state index in [1.54, 1.807) is 13.8 Å². The summed E-state index contributed by atoms with van der Waals surface area (Å²) in [6.07, 6.45) is -1.37. The van der Waals surface area contributed by atoms with Crippen LogP contribution in [0.4, 0.5) is 0 Å². The second-order valence-corrected chi connectivity index (χ2v) is 20.3. The molecule has 0 aliphatic rings. The number of aliphatic hydroxyl groups is 2. The number of nitrogens with zero attached hydrogens (tertiary/aromatic N) is 1. The number of carboxylic acid groups (broad SMARTS) is 3. The summed E-state index contributed by atoms with van der Waals surface area (Å²) in [5, 5.41) is 79.8. The lowest BCUT2D eigenvalue weighted by Crippen LogP contribution is -2.61. The number of nitrogens with two attached hydrogens (primary N) is 4. The number of aliphatic imine (C=N–C) groups is 1. The van der Waals surface area contributed by atoms with Gasteiger partial charge < -0.3 is 101 Å². The molecule has 0 fully saturated rings. The van der Waals surface area contributed by atoms with Gasteiger partial charge in [0.05, 0.1) is 19.3 Å². The van der Waals surface area contributed by atoms with Crippen LogP contribution in [0, 0.1) is 11.8 Å².